The first-order valence-corrected chi connectivity index (χ1v) is 9.54. The summed E-state index contributed by atoms with van der Waals surface area (Å²) in [6.07, 6.45) is 0.864. The van der Waals surface area contributed by atoms with Gasteiger partial charge in [0, 0.05) is 18.0 Å². The normalized spacial score (nSPS) is 19.8. The van der Waals surface area contributed by atoms with Crippen LogP contribution < -0.4 is 5.32 Å². The average Bonchev–Trinajstić information content (AvgIpc) is 2.87. The quantitative estimate of drug-likeness (QED) is 0.806. The first-order valence-electron chi connectivity index (χ1n) is 7.29. The Balaban J connectivity index is 2.09. The van der Waals surface area contributed by atoms with Crippen LogP contribution in [0.25, 0.3) is 0 Å². The third-order valence-electron chi connectivity index (χ3n) is 3.42. The van der Waals surface area contributed by atoms with Crippen LogP contribution in [-0.2, 0) is 21.2 Å². The van der Waals surface area contributed by atoms with E-state index in [1.165, 1.54) is 15.6 Å². The van der Waals surface area contributed by atoms with Gasteiger partial charge < -0.3 is 10.1 Å². The van der Waals surface area contributed by atoms with Gasteiger partial charge in [-0.15, -0.1) is 11.3 Å². The summed E-state index contributed by atoms with van der Waals surface area (Å²) in [4.78, 5) is 1.10. The van der Waals surface area contributed by atoms with Gasteiger partial charge in [0.15, 0.2) is 0 Å². The molecule has 1 fully saturated rings. The molecule has 1 aromatic heterocycles. The molecule has 1 N–H and O–H groups in total. The van der Waals surface area contributed by atoms with Crippen LogP contribution in [0.4, 0.5) is 0 Å². The van der Waals surface area contributed by atoms with Crippen molar-refractivity contribution in [1.29, 1.82) is 0 Å². The van der Waals surface area contributed by atoms with Gasteiger partial charge in [-0.05, 0) is 45.5 Å². The molecule has 1 aliphatic rings. The topological polar surface area (TPSA) is 58.6 Å². The first-order chi connectivity index (χ1) is 9.85. The second-order valence-corrected chi connectivity index (χ2v) is 9.10. The van der Waals surface area contributed by atoms with Gasteiger partial charge in [0.1, 0.15) is 4.21 Å². The predicted octanol–water partition coefficient (Wildman–Crippen LogP) is 1.70. The van der Waals surface area contributed by atoms with Gasteiger partial charge in [-0.3, -0.25) is 0 Å². The smallest absolute Gasteiger partial charge is 0.252 e. The second kappa shape index (κ2) is 6.75. The molecular weight excluding hydrogens is 308 g/mol. The third-order valence-corrected chi connectivity index (χ3v) is 6.88. The van der Waals surface area contributed by atoms with Crippen molar-refractivity contribution < 1.29 is 13.2 Å². The zero-order valence-corrected chi connectivity index (χ0v) is 14.5. The number of ether oxygens (including phenoxy) is 1. The lowest BCUT2D eigenvalue weighted by Crippen LogP contribution is -2.50. The van der Waals surface area contributed by atoms with E-state index in [0.29, 0.717) is 23.9 Å². The van der Waals surface area contributed by atoms with E-state index >= 15 is 0 Å². The van der Waals surface area contributed by atoms with Crippen LogP contribution in [0.5, 0.6) is 0 Å². The van der Waals surface area contributed by atoms with E-state index in [9.17, 15) is 8.42 Å². The van der Waals surface area contributed by atoms with E-state index in [4.69, 9.17) is 4.74 Å². The molecule has 1 aliphatic heterocycles. The highest BCUT2D eigenvalue weighted by atomic mass is 32.2. The van der Waals surface area contributed by atoms with Crippen LogP contribution >= 0.6 is 11.3 Å². The van der Waals surface area contributed by atoms with E-state index in [1.54, 1.807) is 6.07 Å². The van der Waals surface area contributed by atoms with Crippen molar-refractivity contribution in [2.45, 2.75) is 37.0 Å². The maximum Gasteiger partial charge on any atom is 0.252 e. The molecule has 0 unspecified atom stereocenters. The van der Waals surface area contributed by atoms with Crippen LogP contribution in [-0.4, -0.2) is 51.1 Å². The summed E-state index contributed by atoms with van der Waals surface area (Å²) in [5.41, 5.74) is -0.420. The maximum absolute atomic E-state index is 12.7. The van der Waals surface area contributed by atoms with E-state index in [-0.39, 0.29) is 0 Å². The number of hydrogen-bond acceptors (Lipinski definition) is 5. The van der Waals surface area contributed by atoms with Crippen LogP contribution in [0.1, 0.15) is 25.6 Å². The predicted molar refractivity (Wildman–Crippen MR) is 85.4 cm³/mol. The molecule has 0 bridgehead atoms. The van der Waals surface area contributed by atoms with Gasteiger partial charge in [-0.2, -0.15) is 4.31 Å². The molecule has 21 heavy (non-hydrogen) atoms. The minimum atomic E-state index is -3.39. The fraction of sp³-hybridized carbons (Fsp3) is 0.714. The Hall–Kier alpha value is -0.470. The number of nitrogens with zero attached hydrogens (tertiary/aromatic N) is 1. The molecule has 0 atom stereocenters. The largest absolute Gasteiger partial charge is 0.373 e. The summed E-state index contributed by atoms with van der Waals surface area (Å²) in [6.45, 7) is 8.99. The molecule has 0 aliphatic carbocycles. The highest BCUT2D eigenvalue weighted by Crippen LogP contribution is 2.28. The number of sulfonamides is 1. The number of nitrogens with one attached hydrogen (secondary N) is 1. The van der Waals surface area contributed by atoms with Crippen molar-refractivity contribution in [2.75, 3.05) is 32.8 Å². The van der Waals surface area contributed by atoms with Crippen LogP contribution in [0.2, 0.25) is 0 Å². The number of hydrogen-bond donors (Lipinski definition) is 1. The van der Waals surface area contributed by atoms with Gasteiger partial charge in [0.2, 0.25) is 0 Å². The molecular formula is C14H24N2O3S2. The first kappa shape index (κ1) is 16.9. The minimum absolute atomic E-state index is 0.403. The summed E-state index contributed by atoms with van der Waals surface area (Å²) in [6, 6.07) is 3.64. The van der Waals surface area contributed by atoms with Crippen LogP contribution in [0, 0.1) is 0 Å². The Bertz CT molecular complexity index is 567. The molecule has 7 heteroatoms. The lowest BCUT2D eigenvalue weighted by Gasteiger charge is -2.37. The Morgan fingerprint density at radius 1 is 1.43 bits per heavy atom. The van der Waals surface area contributed by atoms with Crippen molar-refractivity contribution in [3.8, 4) is 0 Å². The van der Waals surface area contributed by atoms with Gasteiger partial charge in [-0.25, -0.2) is 8.42 Å². The van der Waals surface area contributed by atoms with Gasteiger partial charge in [-0.1, -0.05) is 6.92 Å². The molecule has 2 heterocycles. The second-order valence-electron chi connectivity index (χ2n) is 5.77. The molecule has 0 spiro atoms. The van der Waals surface area contributed by atoms with Crippen molar-refractivity contribution in [3.63, 3.8) is 0 Å². The summed E-state index contributed by atoms with van der Waals surface area (Å²) < 4.78 is 32.9. The molecule has 0 amide bonds. The van der Waals surface area contributed by atoms with Crippen molar-refractivity contribution in [3.05, 3.63) is 17.0 Å². The standard InChI is InChI=1S/C14H24N2O3S2/c1-4-15-8-7-12-5-6-13(20-12)21(17,18)16-9-10-19-14(2,3)11-16/h5-6,15H,4,7-11H2,1-3H3. The molecule has 1 aromatic rings. The van der Waals surface area contributed by atoms with Gasteiger partial charge in [0.25, 0.3) is 10.0 Å². The van der Waals surface area contributed by atoms with E-state index in [1.807, 2.05) is 19.9 Å². The Morgan fingerprint density at radius 2 is 2.19 bits per heavy atom. The van der Waals surface area contributed by atoms with Gasteiger partial charge >= 0.3 is 0 Å². The van der Waals surface area contributed by atoms with Crippen molar-refractivity contribution >= 4 is 21.4 Å². The number of likely N-dealkylation sites (N-methyl/N-ethyl adjacent to an activating group) is 1. The third kappa shape index (κ3) is 4.26. The molecule has 120 valence electrons. The van der Waals surface area contributed by atoms with Crippen molar-refractivity contribution in [2.24, 2.45) is 0 Å². The summed E-state index contributed by atoms with van der Waals surface area (Å²) in [7, 11) is -3.39. The fourth-order valence-corrected chi connectivity index (χ4v) is 5.41. The Kier molecular flexibility index (Phi) is 5.43. The Labute approximate surface area is 131 Å². The summed E-state index contributed by atoms with van der Waals surface area (Å²) >= 11 is 1.37. The number of morpholine rings is 1. The molecule has 1 saturated heterocycles. The highest BCUT2D eigenvalue weighted by molar-refractivity contribution is 7.91. The molecule has 2 rings (SSSR count). The number of thiophene rings is 1. The van der Waals surface area contributed by atoms with Crippen LogP contribution in [0.3, 0.4) is 0 Å². The van der Waals surface area contributed by atoms with Crippen LogP contribution in [0.15, 0.2) is 16.3 Å². The lowest BCUT2D eigenvalue weighted by atomic mass is 10.1. The minimum Gasteiger partial charge on any atom is -0.373 e. The highest BCUT2D eigenvalue weighted by Gasteiger charge is 2.35. The average molecular weight is 332 g/mol. The van der Waals surface area contributed by atoms with Crippen molar-refractivity contribution in [1.82, 2.24) is 9.62 Å². The van der Waals surface area contributed by atoms with E-state index in [2.05, 4.69) is 12.2 Å². The maximum atomic E-state index is 12.7. The van der Waals surface area contributed by atoms with E-state index < -0.39 is 15.6 Å². The fourth-order valence-electron chi connectivity index (χ4n) is 2.33. The zero-order chi connectivity index (χ0) is 15.5. The summed E-state index contributed by atoms with van der Waals surface area (Å²) in [5, 5.41) is 3.25. The SMILES string of the molecule is CCNCCc1ccc(S(=O)(=O)N2CCOC(C)(C)C2)s1. The zero-order valence-electron chi connectivity index (χ0n) is 12.9. The lowest BCUT2D eigenvalue weighted by molar-refractivity contribution is -0.0639. The van der Waals surface area contributed by atoms with Gasteiger partial charge in [0.05, 0.1) is 12.2 Å². The molecule has 0 radical (unpaired) electrons. The molecule has 5 nitrogen and oxygen atoms in total. The monoisotopic (exact) mass is 332 g/mol. The Morgan fingerprint density at radius 3 is 2.86 bits per heavy atom. The number of rotatable bonds is 6. The summed E-state index contributed by atoms with van der Waals surface area (Å²) in [5.74, 6) is 0. The molecule has 0 saturated carbocycles. The van der Waals surface area contributed by atoms with E-state index in [0.717, 1.165) is 24.4 Å². The molecule has 0 aromatic carbocycles.